The summed E-state index contributed by atoms with van der Waals surface area (Å²) in [5.41, 5.74) is 1.90. The molecule has 1 atom stereocenters. The number of nitrogens with one attached hydrogen (secondary N) is 1. The summed E-state index contributed by atoms with van der Waals surface area (Å²) in [6, 6.07) is 7.41. The first-order valence-corrected chi connectivity index (χ1v) is 8.21. The molecule has 1 saturated heterocycles. The van der Waals surface area contributed by atoms with Crippen LogP contribution in [0.2, 0.25) is 5.02 Å². The second kappa shape index (κ2) is 7.15. The number of aryl methyl sites for hydroxylation is 1. The molecule has 1 aliphatic rings. The van der Waals surface area contributed by atoms with Gasteiger partial charge in [0.15, 0.2) is 0 Å². The van der Waals surface area contributed by atoms with E-state index in [1.54, 1.807) is 24.0 Å². The van der Waals surface area contributed by atoms with Crippen molar-refractivity contribution in [2.75, 3.05) is 13.2 Å². The van der Waals surface area contributed by atoms with Crippen molar-refractivity contribution in [1.29, 1.82) is 0 Å². The van der Waals surface area contributed by atoms with E-state index in [0.29, 0.717) is 22.8 Å². The van der Waals surface area contributed by atoms with Crippen molar-refractivity contribution >= 4 is 17.5 Å². The van der Waals surface area contributed by atoms with Crippen LogP contribution in [0.4, 0.5) is 0 Å². The molecule has 0 radical (unpaired) electrons. The zero-order chi connectivity index (χ0) is 16.2. The number of aromatic nitrogens is 2. The minimum absolute atomic E-state index is 0.133. The standard InChI is InChI=1S/C17H20ClN3O2/c1-21-11-14(16(20-21)13-6-2-3-7-15(13)18)17(22)19-9-8-12-5-4-10-23-12/h2-3,6-7,11-12H,4-5,8-10H2,1H3,(H,19,22)/t12-/m0/s1. The molecule has 3 rings (SSSR count). The third kappa shape index (κ3) is 3.74. The maximum atomic E-state index is 12.5. The smallest absolute Gasteiger partial charge is 0.255 e. The van der Waals surface area contributed by atoms with Crippen molar-refractivity contribution in [3.05, 3.63) is 41.0 Å². The van der Waals surface area contributed by atoms with Crippen molar-refractivity contribution in [3.63, 3.8) is 0 Å². The van der Waals surface area contributed by atoms with E-state index in [4.69, 9.17) is 16.3 Å². The summed E-state index contributed by atoms with van der Waals surface area (Å²) < 4.78 is 7.20. The highest BCUT2D eigenvalue weighted by atomic mass is 35.5. The lowest BCUT2D eigenvalue weighted by atomic mass is 10.1. The largest absolute Gasteiger partial charge is 0.378 e. The molecule has 1 aromatic heterocycles. The van der Waals surface area contributed by atoms with E-state index in [1.807, 2.05) is 18.2 Å². The molecule has 2 aromatic rings. The molecule has 122 valence electrons. The van der Waals surface area contributed by atoms with E-state index < -0.39 is 0 Å². The Kier molecular flexibility index (Phi) is 4.98. The first kappa shape index (κ1) is 16.0. The minimum atomic E-state index is -0.133. The van der Waals surface area contributed by atoms with Gasteiger partial charge in [0, 0.05) is 32.0 Å². The van der Waals surface area contributed by atoms with Gasteiger partial charge in [-0.15, -0.1) is 0 Å². The Hall–Kier alpha value is -1.85. The number of rotatable bonds is 5. The maximum Gasteiger partial charge on any atom is 0.255 e. The number of carbonyl (C=O) groups is 1. The van der Waals surface area contributed by atoms with E-state index in [-0.39, 0.29) is 12.0 Å². The maximum absolute atomic E-state index is 12.5. The minimum Gasteiger partial charge on any atom is -0.378 e. The first-order chi connectivity index (χ1) is 11.1. The number of nitrogens with zero attached hydrogens (tertiary/aromatic N) is 2. The Bertz CT molecular complexity index is 693. The van der Waals surface area contributed by atoms with Crippen molar-refractivity contribution in [2.24, 2.45) is 7.05 Å². The lowest BCUT2D eigenvalue weighted by Gasteiger charge is -2.10. The van der Waals surface area contributed by atoms with Gasteiger partial charge in [-0.1, -0.05) is 29.8 Å². The van der Waals surface area contributed by atoms with Gasteiger partial charge in [-0.25, -0.2) is 0 Å². The van der Waals surface area contributed by atoms with Crippen molar-refractivity contribution in [2.45, 2.75) is 25.4 Å². The molecular formula is C17H20ClN3O2. The van der Waals surface area contributed by atoms with Gasteiger partial charge in [-0.3, -0.25) is 9.48 Å². The summed E-state index contributed by atoms with van der Waals surface area (Å²) in [5.74, 6) is -0.133. The molecule has 0 spiro atoms. The molecule has 0 aliphatic carbocycles. The van der Waals surface area contributed by atoms with Gasteiger partial charge in [0.05, 0.1) is 16.7 Å². The van der Waals surface area contributed by atoms with E-state index in [9.17, 15) is 4.79 Å². The number of carbonyl (C=O) groups excluding carboxylic acids is 1. The van der Waals surface area contributed by atoms with Crippen LogP contribution in [0.1, 0.15) is 29.6 Å². The van der Waals surface area contributed by atoms with Gasteiger partial charge >= 0.3 is 0 Å². The molecule has 5 nitrogen and oxygen atoms in total. The number of hydrogen-bond donors (Lipinski definition) is 1. The molecule has 1 fully saturated rings. The van der Waals surface area contributed by atoms with Crippen LogP contribution in [-0.2, 0) is 11.8 Å². The van der Waals surface area contributed by atoms with E-state index in [0.717, 1.165) is 31.4 Å². The topological polar surface area (TPSA) is 56.2 Å². The van der Waals surface area contributed by atoms with E-state index in [1.165, 1.54) is 0 Å². The molecule has 0 bridgehead atoms. The summed E-state index contributed by atoms with van der Waals surface area (Å²) in [5, 5.41) is 7.93. The van der Waals surface area contributed by atoms with Crippen LogP contribution in [-0.4, -0.2) is 34.9 Å². The summed E-state index contributed by atoms with van der Waals surface area (Å²) in [6.45, 7) is 1.43. The average Bonchev–Trinajstić information content (AvgIpc) is 3.17. The predicted molar refractivity (Wildman–Crippen MR) is 89.6 cm³/mol. The Morgan fingerprint density at radius 1 is 1.48 bits per heavy atom. The van der Waals surface area contributed by atoms with Crippen molar-refractivity contribution in [3.8, 4) is 11.3 Å². The number of hydrogen-bond acceptors (Lipinski definition) is 3. The van der Waals surface area contributed by atoms with E-state index in [2.05, 4.69) is 10.4 Å². The highest BCUT2D eigenvalue weighted by Crippen LogP contribution is 2.28. The zero-order valence-electron chi connectivity index (χ0n) is 13.1. The molecule has 2 heterocycles. The van der Waals surface area contributed by atoms with Crippen molar-refractivity contribution in [1.82, 2.24) is 15.1 Å². The lowest BCUT2D eigenvalue weighted by Crippen LogP contribution is -2.27. The predicted octanol–water partition coefficient (Wildman–Crippen LogP) is 3.04. The second-order valence-electron chi connectivity index (χ2n) is 5.72. The second-order valence-corrected chi connectivity index (χ2v) is 6.13. The van der Waals surface area contributed by atoms with Gasteiger partial charge < -0.3 is 10.1 Å². The molecule has 1 aromatic carbocycles. The quantitative estimate of drug-likeness (QED) is 0.915. The van der Waals surface area contributed by atoms with Crippen LogP contribution in [0, 0.1) is 0 Å². The molecule has 1 aliphatic heterocycles. The fourth-order valence-corrected chi connectivity index (χ4v) is 3.05. The molecule has 0 saturated carbocycles. The first-order valence-electron chi connectivity index (χ1n) is 7.83. The number of benzene rings is 1. The third-order valence-electron chi connectivity index (χ3n) is 3.98. The van der Waals surface area contributed by atoms with Gasteiger partial charge in [-0.2, -0.15) is 5.10 Å². The van der Waals surface area contributed by atoms with Crippen LogP contribution in [0.5, 0.6) is 0 Å². The molecule has 23 heavy (non-hydrogen) atoms. The molecule has 1 amide bonds. The molecule has 6 heteroatoms. The zero-order valence-corrected chi connectivity index (χ0v) is 13.8. The van der Waals surface area contributed by atoms with Crippen LogP contribution in [0.15, 0.2) is 30.5 Å². The van der Waals surface area contributed by atoms with Gasteiger partial charge in [0.2, 0.25) is 0 Å². The van der Waals surface area contributed by atoms with Crippen molar-refractivity contribution < 1.29 is 9.53 Å². The lowest BCUT2D eigenvalue weighted by molar-refractivity contribution is 0.0907. The summed E-state index contributed by atoms with van der Waals surface area (Å²) in [4.78, 5) is 12.5. The monoisotopic (exact) mass is 333 g/mol. The fourth-order valence-electron chi connectivity index (χ4n) is 2.82. The third-order valence-corrected chi connectivity index (χ3v) is 4.31. The van der Waals surface area contributed by atoms with Gasteiger partial charge in [0.25, 0.3) is 5.91 Å². The molecular weight excluding hydrogens is 314 g/mol. The number of ether oxygens (including phenoxy) is 1. The van der Waals surface area contributed by atoms with Crippen LogP contribution < -0.4 is 5.32 Å². The molecule has 1 N–H and O–H groups in total. The Morgan fingerprint density at radius 2 is 2.30 bits per heavy atom. The highest BCUT2D eigenvalue weighted by molar-refractivity contribution is 6.33. The highest BCUT2D eigenvalue weighted by Gasteiger charge is 2.20. The number of amides is 1. The van der Waals surface area contributed by atoms with Crippen LogP contribution >= 0.6 is 11.6 Å². The SMILES string of the molecule is Cn1cc(C(=O)NCC[C@@H]2CCCO2)c(-c2ccccc2Cl)n1. The van der Waals surface area contributed by atoms with Crippen LogP contribution in [0.25, 0.3) is 11.3 Å². The Morgan fingerprint density at radius 3 is 3.04 bits per heavy atom. The Balaban J connectivity index is 1.72. The number of halogens is 1. The molecule has 0 unspecified atom stereocenters. The summed E-state index contributed by atoms with van der Waals surface area (Å²) >= 11 is 6.24. The Labute approximate surface area is 140 Å². The van der Waals surface area contributed by atoms with Gasteiger partial charge in [0.1, 0.15) is 5.69 Å². The van der Waals surface area contributed by atoms with E-state index >= 15 is 0 Å². The normalized spacial score (nSPS) is 17.4. The average molecular weight is 334 g/mol. The van der Waals surface area contributed by atoms with Gasteiger partial charge in [-0.05, 0) is 25.3 Å². The summed E-state index contributed by atoms with van der Waals surface area (Å²) in [6.07, 6.45) is 5.02. The fraction of sp³-hybridized carbons (Fsp3) is 0.412. The van der Waals surface area contributed by atoms with Crippen LogP contribution in [0.3, 0.4) is 0 Å². The summed E-state index contributed by atoms with van der Waals surface area (Å²) in [7, 11) is 1.80.